The van der Waals surface area contributed by atoms with E-state index in [1.807, 2.05) is 0 Å². The molecule has 1 fully saturated rings. The highest BCUT2D eigenvalue weighted by Gasteiger charge is 2.50. The van der Waals surface area contributed by atoms with Crippen molar-refractivity contribution in [1.29, 1.82) is 0 Å². The van der Waals surface area contributed by atoms with Crippen molar-refractivity contribution in [1.82, 2.24) is 9.55 Å². The Balaban J connectivity index is 2.47. The molecular weight excluding hydrogens is 397 g/mol. The summed E-state index contributed by atoms with van der Waals surface area (Å²) in [6, 6.07) is 1.39. The highest BCUT2D eigenvalue weighted by Crippen LogP contribution is 2.41. The Bertz CT molecular complexity index is 639. The summed E-state index contributed by atoms with van der Waals surface area (Å²) in [6.07, 6.45) is -1.83. The molecule has 0 bridgehead atoms. The van der Waals surface area contributed by atoms with Gasteiger partial charge in [-0.1, -0.05) is 44.3 Å². The molecule has 4 N–H and O–H groups in total. The van der Waals surface area contributed by atoms with Crippen LogP contribution < -0.4 is 11.4 Å². The van der Waals surface area contributed by atoms with E-state index in [1.165, 1.54) is 12.3 Å². The van der Waals surface area contributed by atoms with Crippen LogP contribution in [0.4, 0.5) is 5.82 Å². The molecule has 1 aromatic rings. The van der Waals surface area contributed by atoms with E-state index in [9.17, 15) is 15.0 Å². The van der Waals surface area contributed by atoms with Crippen LogP contribution in [0.15, 0.2) is 17.1 Å². The van der Waals surface area contributed by atoms with Gasteiger partial charge in [-0.3, -0.25) is 4.57 Å². The largest absolute Gasteiger partial charge is 0.394 e. The van der Waals surface area contributed by atoms with E-state index in [0.717, 1.165) is 4.57 Å². The third-order valence-corrected chi connectivity index (χ3v) is 8.29. The maximum absolute atomic E-state index is 12.0. The van der Waals surface area contributed by atoms with Gasteiger partial charge in [-0.2, -0.15) is 4.98 Å². The second kappa shape index (κ2) is 6.86. The van der Waals surface area contributed by atoms with Crippen molar-refractivity contribution in [3.63, 3.8) is 0 Å². The average molecular weight is 409 g/mol. The number of alkyl halides is 3. The van der Waals surface area contributed by atoms with Gasteiger partial charge < -0.3 is 20.7 Å². The molecule has 0 spiro atoms. The van der Waals surface area contributed by atoms with E-state index in [4.69, 9.17) is 56.5 Å². The van der Waals surface area contributed by atoms with Gasteiger partial charge in [-0.15, -0.1) is 0 Å². The molecule has 0 radical (unpaired) electrons. The molecule has 22 heavy (non-hydrogen) atoms. The normalized spacial score (nSPS) is 30.4. The van der Waals surface area contributed by atoms with Crippen LogP contribution in [-0.4, -0.2) is 47.0 Å². The van der Waals surface area contributed by atoms with Crippen molar-refractivity contribution >= 4 is 61.3 Å². The molecule has 0 aromatic carbocycles. The van der Waals surface area contributed by atoms with Crippen LogP contribution in [0.1, 0.15) is 6.23 Å². The molecule has 0 aliphatic carbocycles. The zero-order valence-corrected chi connectivity index (χ0v) is 14.7. The SMILES string of the molecule is Nc1ccn([C@@H]2O[C@H](CO)C(O)C2S(=S)C(Cl)(Cl)Cl)c(=O)n1. The van der Waals surface area contributed by atoms with Crippen molar-refractivity contribution in [2.75, 3.05) is 12.3 Å². The lowest BCUT2D eigenvalue weighted by Gasteiger charge is -2.27. The van der Waals surface area contributed by atoms with Gasteiger partial charge in [0.1, 0.15) is 11.9 Å². The Labute approximate surface area is 147 Å². The number of aliphatic hydroxyl groups excluding tert-OH is 2. The Morgan fingerprint density at radius 1 is 1.55 bits per heavy atom. The molecular formula is C10H12Cl3N3O4S2. The van der Waals surface area contributed by atoms with Gasteiger partial charge in [0.15, 0.2) is 6.23 Å². The van der Waals surface area contributed by atoms with Gasteiger partial charge in [0.2, 0.25) is 3.12 Å². The van der Waals surface area contributed by atoms with Gasteiger partial charge in [0, 0.05) is 6.20 Å². The van der Waals surface area contributed by atoms with Crippen LogP contribution in [0.5, 0.6) is 0 Å². The zero-order valence-electron chi connectivity index (χ0n) is 10.8. The molecule has 0 amide bonds. The van der Waals surface area contributed by atoms with Crippen LogP contribution >= 0.6 is 34.8 Å². The smallest absolute Gasteiger partial charge is 0.351 e. The fourth-order valence-electron chi connectivity index (χ4n) is 2.10. The Morgan fingerprint density at radius 3 is 2.68 bits per heavy atom. The number of hydrogen-bond donors (Lipinski definition) is 3. The molecule has 2 heterocycles. The molecule has 2 rings (SSSR count). The van der Waals surface area contributed by atoms with Crippen molar-refractivity contribution in [2.45, 2.75) is 26.8 Å². The minimum atomic E-state index is -1.84. The molecule has 3 unspecified atom stereocenters. The summed E-state index contributed by atoms with van der Waals surface area (Å²) >= 11 is 22.7. The number of rotatable bonds is 3. The molecule has 5 atom stereocenters. The lowest BCUT2D eigenvalue weighted by Crippen LogP contribution is -2.42. The van der Waals surface area contributed by atoms with E-state index < -0.39 is 48.6 Å². The third-order valence-electron chi connectivity index (χ3n) is 3.09. The Morgan fingerprint density at radius 2 is 2.18 bits per heavy atom. The molecule has 7 nitrogen and oxygen atoms in total. The predicted octanol–water partition coefficient (Wildman–Crippen LogP) is -0.147. The standard InChI is InChI=1S/C10H12Cl3N3O4S2/c11-10(12,13)22(21)7-6(18)4(3-17)20-8(7)16-2-1-5(14)15-9(16)19/h1-2,4,6-8,17-18H,3H2,(H2,14,15,19)/t4-,6?,7?,8-,22?/m1/s1. The lowest BCUT2D eigenvalue weighted by molar-refractivity contribution is -0.0456. The number of hydrogen-bond acceptors (Lipinski definition) is 7. The van der Waals surface area contributed by atoms with Crippen molar-refractivity contribution < 1.29 is 14.9 Å². The van der Waals surface area contributed by atoms with Gasteiger partial charge in [-0.05, 0) is 17.3 Å². The van der Waals surface area contributed by atoms with Crippen LogP contribution in [-0.2, 0) is 25.4 Å². The van der Waals surface area contributed by atoms with E-state index in [1.54, 1.807) is 0 Å². The van der Waals surface area contributed by atoms with E-state index in [0.29, 0.717) is 0 Å². The second-order valence-electron chi connectivity index (χ2n) is 4.49. The number of aromatic nitrogens is 2. The summed E-state index contributed by atoms with van der Waals surface area (Å²) in [5.41, 5.74) is 4.74. The Hall–Kier alpha value is -0.000000000000000222. The summed E-state index contributed by atoms with van der Waals surface area (Å²) in [5.74, 6) is 0.0359. The summed E-state index contributed by atoms with van der Waals surface area (Å²) < 4.78 is 4.77. The molecule has 1 aliphatic heterocycles. The monoisotopic (exact) mass is 407 g/mol. The molecule has 1 aromatic heterocycles. The van der Waals surface area contributed by atoms with E-state index >= 15 is 0 Å². The maximum atomic E-state index is 12.0. The first-order valence-corrected chi connectivity index (χ1v) is 9.28. The number of halogens is 3. The second-order valence-corrected chi connectivity index (χ2v) is 10.3. The van der Waals surface area contributed by atoms with Gasteiger partial charge in [0.05, 0.1) is 18.0 Å². The molecule has 0 saturated carbocycles. The molecule has 124 valence electrons. The highest BCUT2D eigenvalue weighted by atomic mass is 35.6. The van der Waals surface area contributed by atoms with Crippen LogP contribution in [0.25, 0.3) is 0 Å². The maximum Gasteiger partial charge on any atom is 0.351 e. The fraction of sp³-hybridized carbons (Fsp3) is 0.600. The molecule has 12 heteroatoms. The van der Waals surface area contributed by atoms with Gasteiger partial charge >= 0.3 is 5.69 Å². The minimum Gasteiger partial charge on any atom is -0.394 e. The topological polar surface area (TPSA) is 111 Å². The summed E-state index contributed by atoms with van der Waals surface area (Å²) in [4.78, 5) is 15.5. The Kier molecular flexibility index (Phi) is 5.72. The van der Waals surface area contributed by atoms with Gasteiger partial charge in [0.25, 0.3) is 0 Å². The first kappa shape index (κ1) is 18.3. The van der Waals surface area contributed by atoms with Crippen LogP contribution in [0.3, 0.4) is 0 Å². The van der Waals surface area contributed by atoms with Crippen molar-refractivity contribution in [2.24, 2.45) is 0 Å². The quantitative estimate of drug-likeness (QED) is 0.597. The summed E-state index contributed by atoms with van der Waals surface area (Å²) in [7, 11) is -1.38. The first-order chi connectivity index (χ1) is 10.2. The average Bonchev–Trinajstić information content (AvgIpc) is 2.73. The molecule has 1 aliphatic rings. The van der Waals surface area contributed by atoms with E-state index in [-0.39, 0.29) is 5.82 Å². The predicted molar refractivity (Wildman–Crippen MR) is 88.7 cm³/mol. The lowest BCUT2D eigenvalue weighted by atomic mass is 10.2. The highest BCUT2D eigenvalue weighted by molar-refractivity contribution is 8.31. The van der Waals surface area contributed by atoms with Crippen LogP contribution in [0.2, 0.25) is 0 Å². The number of nitrogens with two attached hydrogens (primary N) is 1. The third kappa shape index (κ3) is 3.57. The number of nitrogens with zero attached hydrogens (tertiary/aromatic N) is 2. The minimum absolute atomic E-state index is 0.0359. The number of ether oxygens (including phenoxy) is 1. The van der Waals surface area contributed by atoms with Gasteiger partial charge in [-0.25, -0.2) is 4.79 Å². The van der Waals surface area contributed by atoms with Crippen molar-refractivity contribution in [3.8, 4) is 0 Å². The number of aliphatic hydroxyl groups is 2. The summed E-state index contributed by atoms with van der Waals surface area (Å²) in [6.45, 7) is -0.474. The molecule has 1 saturated heterocycles. The summed E-state index contributed by atoms with van der Waals surface area (Å²) in [5, 5.41) is 18.7. The zero-order chi connectivity index (χ0) is 16.7. The first-order valence-electron chi connectivity index (χ1n) is 5.93. The fourth-order valence-corrected chi connectivity index (χ4v) is 4.79. The number of nitrogen functional groups attached to an aromatic ring is 1. The van der Waals surface area contributed by atoms with E-state index in [2.05, 4.69) is 4.98 Å². The van der Waals surface area contributed by atoms with Crippen molar-refractivity contribution in [3.05, 3.63) is 22.7 Å². The van der Waals surface area contributed by atoms with Crippen LogP contribution in [0, 0.1) is 0 Å². The number of anilines is 1.